The van der Waals surface area contributed by atoms with Crippen LogP contribution in [0.15, 0.2) is 18.2 Å². The molecule has 0 aliphatic carbocycles. The lowest BCUT2D eigenvalue weighted by Crippen LogP contribution is -2.46. The molecular formula is C13H18BrNO2. The number of amides is 1. The summed E-state index contributed by atoms with van der Waals surface area (Å²) in [5.74, 6) is -0.226. The lowest BCUT2D eigenvalue weighted by Gasteiger charge is -2.27. The number of aromatic hydroxyl groups is 1. The van der Waals surface area contributed by atoms with E-state index in [1.54, 1.807) is 18.2 Å². The fourth-order valence-electron chi connectivity index (χ4n) is 1.39. The molecule has 1 amide bonds. The predicted octanol–water partition coefficient (Wildman–Crippen LogP) is 2.99. The van der Waals surface area contributed by atoms with Gasteiger partial charge in [0.1, 0.15) is 5.75 Å². The van der Waals surface area contributed by atoms with Crippen LogP contribution >= 0.6 is 15.9 Å². The first-order chi connectivity index (χ1) is 7.91. The van der Waals surface area contributed by atoms with Gasteiger partial charge in [0.05, 0.1) is 5.56 Å². The Bertz CT molecular complexity index is 414. The van der Waals surface area contributed by atoms with Crippen molar-refractivity contribution in [3.05, 3.63) is 29.3 Å². The highest BCUT2D eigenvalue weighted by Crippen LogP contribution is 2.20. The quantitative estimate of drug-likeness (QED) is 0.840. The van der Waals surface area contributed by atoms with Gasteiger partial charge in [-0.1, -0.05) is 34.5 Å². The lowest BCUT2D eigenvalue weighted by molar-refractivity contribution is 0.0910. The van der Waals surface area contributed by atoms with Crippen molar-refractivity contribution in [3.8, 4) is 5.75 Å². The average Bonchev–Trinajstić information content (AvgIpc) is 2.32. The molecular weight excluding hydrogens is 282 g/mol. The first-order valence-corrected chi connectivity index (χ1v) is 6.72. The van der Waals surface area contributed by atoms with Crippen molar-refractivity contribution in [1.82, 2.24) is 5.32 Å². The van der Waals surface area contributed by atoms with Gasteiger partial charge in [-0.2, -0.15) is 0 Å². The van der Waals surface area contributed by atoms with Gasteiger partial charge in [0, 0.05) is 10.9 Å². The Morgan fingerprint density at radius 3 is 2.71 bits per heavy atom. The number of hydrogen-bond acceptors (Lipinski definition) is 2. The van der Waals surface area contributed by atoms with Crippen LogP contribution in [0, 0.1) is 6.92 Å². The molecule has 1 rings (SSSR count). The second kappa shape index (κ2) is 5.54. The summed E-state index contributed by atoms with van der Waals surface area (Å²) < 4.78 is 0. The van der Waals surface area contributed by atoms with E-state index in [9.17, 15) is 9.90 Å². The molecule has 0 heterocycles. The molecule has 94 valence electrons. The van der Waals surface area contributed by atoms with Crippen LogP contribution in [0.3, 0.4) is 0 Å². The molecule has 1 aromatic rings. The zero-order valence-electron chi connectivity index (χ0n) is 10.4. The van der Waals surface area contributed by atoms with Gasteiger partial charge < -0.3 is 10.4 Å². The summed E-state index contributed by atoms with van der Waals surface area (Å²) in [7, 11) is 0. The Morgan fingerprint density at radius 2 is 2.18 bits per heavy atom. The second-order valence-electron chi connectivity index (χ2n) is 4.52. The van der Waals surface area contributed by atoms with E-state index in [0.717, 1.165) is 12.0 Å². The SMILES string of the molecule is CCC(C)(CBr)NC(=O)c1cc(C)ccc1O. The van der Waals surface area contributed by atoms with Gasteiger partial charge in [0.25, 0.3) is 5.91 Å². The van der Waals surface area contributed by atoms with Crippen molar-refractivity contribution in [2.75, 3.05) is 5.33 Å². The molecule has 1 atom stereocenters. The number of benzene rings is 1. The Labute approximate surface area is 110 Å². The molecule has 0 spiro atoms. The normalized spacial score (nSPS) is 14.1. The fourth-order valence-corrected chi connectivity index (χ4v) is 1.93. The smallest absolute Gasteiger partial charge is 0.255 e. The van der Waals surface area contributed by atoms with Crippen molar-refractivity contribution in [3.63, 3.8) is 0 Å². The van der Waals surface area contributed by atoms with Gasteiger partial charge in [0.2, 0.25) is 0 Å². The van der Waals surface area contributed by atoms with E-state index < -0.39 is 0 Å². The molecule has 0 radical (unpaired) electrons. The lowest BCUT2D eigenvalue weighted by atomic mass is 10.0. The monoisotopic (exact) mass is 299 g/mol. The molecule has 17 heavy (non-hydrogen) atoms. The minimum atomic E-state index is -0.298. The third kappa shape index (κ3) is 3.46. The molecule has 0 aliphatic heterocycles. The highest BCUT2D eigenvalue weighted by atomic mass is 79.9. The maximum Gasteiger partial charge on any atom is 0.255 e. The van der Waals surface area contributed by atoms with Crippen molar-refractivity contribution in [2.24, 2.45) is 0 Å². The summed E-state index contributed by atoms with van der Waals surface area (Å²) in [6, 6.07) is 5.01. The zero-order valence-corrected chi connectivity index (χ0v) is 12.0. The summed E-state index contributed by atoms with van der Waals surface area (Å²) in [4.78, 5) is 12.1. The molecule has 0 saturated heterocycles. The summed E-state index contributed by atoms with van der Waals surface area (Å²) in [5.41, 5.74) is 0.975. The van der Waals surface area contributed by atoms with Crippen molar-refractivity contribution in [2.45, 2.75) is 32.7 Å². The Morgan fingerprint density at radius 1 is 1.53 bits per heavy atom. The van der Waals surface area contributed by atoms with Crippen molar-refractivity contribution < 1.29 is 9.90 Å². The first-order valence-electron chi connectivity index (χ1n) is 5.60. The fraction of sp³-hybridized carbons (Fsp3) is 0.462. The third-order valence-corrected chi connectivity index (χ3v) is 4.12. The van der Waals surface area contributed by atoms with Gasteiger partial charge in [-0.15, -0.1) is 0 Å². The first kappa shape index (κ1) is 14.0. The molecule has 1 aromatic carbocycles. The molecule has 3 nitrogen and oxygen atoms in total. The van der Waals surface area contributed by atoms with E-state index in [1.165, 1.54) is 0 Å². The number of phenols is 1. The van der Waals surface area contributed by atoms with E-state index >= 15 is 0 Å². The highest BCUT2D eigenvalue weighted by Gasteiger charge is 2.24. The third-order valence-electron chi connectivity index (χ3n) is 2.89. The number of alkyl halides is 1. The van der Waals surface area contributed by atoms with E-state index in [0.29, 0.717) is 10.9 Å². The summed E-state index contributed by atoms with van der Waals surface area (Å²) in [6.45, 7) is 5.86. The molecule has 0 bridgehead atoms. The van der Waals surface area contributed by atoms with E-state index in [1.807, 2.05) is 20.8 Å². The number of rotatable bonds is 4. The number of carbonyl (C=O) groups is 1. The van der Waals surface area contributed by atoms with Gasteiger partial charge in [-0.3, -0.25) is 4.79 Å². The van der Waals surface area contributed by atoms with Crippen molar-refractivity contribution in [1.29, 1.82) is 0 Å². The largest absolute Gasteiger partial charge is 0.507 e. The molecule has 0 fully saturated rings. The maximum absolute atomic E-state index is 12.1. The average molecular weight is 300 g/mol. The minimum absolute atomic E-state index is 0.0149. The molecule has 2 N–H and O–H groups in total. The van der Waals surface area contributed by atoms with Gasteiger partial charge >= 0.3 is 0 Å². The number of hydrogen-bond donors (Lipinski definition) is 2. The minimum Gasteiger partial charge on any atom is -0.507 e. The zero-order chi connectivity index (χ0) is 13.1. The standard InChI is InChI=1S/C13H18BrNO2/c1-4-13(3,8-14)15-12(17)10-7-9(2)5-6-11(10)16/h5-7,16H,4,8H2,1-3H3,(H,15,17). The van der Waals surface area contributed by atoms with Crippen LogP contribution in [0.4, 0.5) is 0 Å². The van der Waals surface area contributed by atoms with Crippen LogP contribution in [-0.2, 0) is 0 Å². The van der Waals surface area contributed by atoms with Gasteiger partial charge in [-0.25, -0.2) is 0 Å². The van der Waals surface area contributed by atoms with E-state index in [2.05, 4.69) is 21.2 Å². The predicted molar refractivity (Wildman–Crippen MR) is 72.8 cm³/mol. The van der Waals surface area contributed by atoms with Crippen LogP contribution < -0.4 is 5.32 Å². The Hall–Kier alpha value is -1.03. The van der Waals surface area contributed by atoms with Gasteiger partial charge in [0.15, 0.2) is 0 Å². The number of phenolic OH excluding ortho intramolecular Hbond substituents is 1. The van der Waals surface area contributed by atoms with E-state index in [4.69, 9.17) is 0 Å². The molecule has 1 unspecified atom stereocenters. The summed E-state index contributed by atoms with van der Waals surface area (Å²) >= 11 is 3.39. The number of aryl methyl sites for hydroxylation is 1. The maximum atomic E-state index is 12.1. The summed E-state index contributed by atoms with van der Waals surface area (Å²) in [5, 5.41) is 13.3. The van der Waals surface area contributed by atoms with Crippen LogP contribution in [0.5, 0.6) is 5.75 Å². The Balaban J connectivity index is 2.94. The van der Waals surface area contributed by atoms with Crippen molar-refractivity contribution >= 4 is 21.8 Å². The topological polar surface area (TPSA) is 49.3 Å². The van der Waals surface area contributed by atoms with Crippen LogP contribution in [0.25, 0.3) is 0 Å². The number of nitrogens with one attached hydrogen (secondary N) is 1. The summed E-state index contributed by atoms with van der Waals surface area (Å²) in [6.07, 6.45) is 0.816. The number of carbonyl (C=O) groups excluding carboxylic acids is 1. The number of halogens is 1. The Kier molecular flexibility index (Phi) is 4.57. The van der Waals surface area contributed by atoms with E-state index in [-0.39, 0.29) is 17.2 Å². The molecule has 4 heteroatoms. The molecule has 0 aromatic heterocycles. The highest BCUT2D eigenvalue weighted by molar-refractivity contribution is 9.09. The van der Waals surface area contributed by atoms with Crippen LogP contribution in [0.2, 0.25) is 0 Å². The van der Waals surface area contributed by atoms with Crippen LogP contribution in [-0.4, -0.2) is 21.9 Å². The second-order valence-corrected chi connectivity index (χ2v) is 5.08. The molecule has 0 saturated carbocycles. The van der Waals surface area contributed by atoms with Gasteiger partial charge in [-0.05, 0) is 32.4 Å². The van der Waals surface area contributed by atoms with Crippen LogP contribution in [0.1, 0.15) is 36.2 Å². The molecule has 0 aliphatic rings.